The minimum atomic E-state index is -1.50. The Morgan fingerprint density at radius 2 is 1.75 bits per heavy atom. The van der Waals surface area contributed by atoms with Crippen LogP contribution in [-0.2, 0) is 28.7 Å². The maximum Gasteiger partial charge on any atom is 0.397 e. The van der Waals surface area contributed by atoms with E-state index in [0.29, 0.717) is 10.5 Å². The van der Waals surface area contributed by atoms with Crippen molar-refractivity contribution in [1.82, 2.24) is 19.8 Å². The van der Waals surface area contributed by atoms with Gasteiger partial charge < -0.3 is 35.9 Å². The molecule has 1 unspecified atom stereocenters. The molecule has 17 heteroatoms. The number of aromatic hydroxyl groups is 1. The molecule has 0 spiro atoms. The molecule has 4 atom stereocenters. The Hall–Kier alpha value is -5.55. The number of benzene rings is 2. The third-order valence-corrected chi connectivity index (χ3v) is 9.36. The number of carbonyl (C=O) groups is 6. The molecular weight excluding hydrogens is 648 g/mol. The van der Waals surface area contributed by atoms with Crippen LogP contribution in [0.3, 0.4) is 0 Å². The second-order valence-electron chi connectivity index (χ2n) is 11.4. The molecule has 48 heavy (non-hydrogen) atoms. The molecule has 2 aromatic carbocycles. The van der Waals surface area contributed by atoms with E-state index in [1.54, 1.807) is 20.8 Å². The van der Waals surface area contributed by atoms with E-state index in [0.717, 1.165) is 22.9 Å². The van der Waals surface area contributed by atoms with Crippen molar-refractivity contribution in [2.24, 2.45) is 5.73 Å². The van der Waals surface area contributed by atoms with E-state index in [-0.39, 0.29) is 29.4 Å². The van der Waals surface area contributed by atoms with Crippen LogP contribution in [0.15, 0.2) is 59.5 Å². The van der Waals surface area contributed by atoms with Crippen LogP contribution in [0.4, 0.5) is 5.69 Å². The molecule has 0 aliphatic carbocycles. The first-order valence-electron chi connectivity index (χ1n) is 14.5. The van der Waals surface area contributed by atoms with Crippen LogP contribution in [0.1, 0.15) is 42.7 Å². The lowest BCUT2D eigenvalue weighted by molar-refractivity contribution is -0.166. The Morgan fingerprint density at radius 3 is 2.33 bits per heavy atom. The number of hydrogen-bond donors (Lipinski definition) is 5. The number of carbonyl (C=O) groups excluding carboxylic acids is 5. The van der Waals surface area contributed by atoms with Crippen LogP contribution >= 0.6 is 11.8 Å². The maximum absolute atomic E-state index is 14.0. The van der Waals surface area contributed by atoms with Crippen LogP contribution in [0.2, 0.25) is 0 Å². The average molecular weight is 679 g/mol. The number of amides is 4. The summed E-state index contributed by atoms with van der Waals surface area (Å²) < 4.78 is 3.67. The van der Waals surface area contributed by atoms with Crippen LogP contribution in [-0.4, -0.2) is 94.4 Å². The number of phenols is 1. The highest BCUT2D eigenvalue weighted by molar-refractivity contribution is 8.01. The molecule has 5 rings (SSSR count). The number of rotatable bonds is 8. The Kier molecular flexibility index (Phi) is 9.10. The zero-order chi connectivity index (χ0) is 35.1. The third-order valence-electron chi connectivity index (χ3n) is 7.81. The van der Waals surface area contributed by atoms with Gasteiger partial charge >= 0.3 is 17.8 Å². The fourth-order valence-corrected chi connectivity index (χ4v) is 7.15. The number of ether oxygens (including phenoxy) is 1. The van der Waals surface area contributed by atoms with Crippen LogP contribution in [0, 0.1) is 0 Å². The number of hydrogen-bond acceptors (Lipinski definition) is 12. The fourth-order valence-electron chi connectivity index (χ4n) is 5.48. The standard InChI is InChI=1S/C31H30N6O10S/c1-4-47-30(46)24(40)34-16-9-5-15(6-10-16)22-33-13-18(23(39)35-22)25(41)36(26(42)19(32)14-7-11-17(38)12-8-14)20-27(43)37-21(29(44)45)31(2,3)48-28(20)37/h5-13,19-21,28,38H,4,32H2,1-3H3,(H,34,40)(H,44,45)(H,33,35,39)/t19?,20-,21+,28-/m1/s1. The van der Waals surface area contributed by atoms with E-state index in [9.17, 15) is 43.8 Å². The van der Waals surface area contributed by atoms with Crippen molar-refractivity contribution in [2.45, 2.75) is 49.0 Å². The smallest absolute Gasteiger partial charge is 0.397 e. The van der Waals surface area contributed by atoms with Crippen molar-refractivity contribution in [3.63, 3.8) is 0 Å². The second-order valence-corrected chi connectivity index (χ2v) is 13.1. The van der Waals surface area contributed by atoms with Crippen molar-refractivity contribution in [3.8, 4) is 17.1 Å². The minimum absolute atomic E-state index is 0.0155. The quantitative estimate of drug-likeness (QED) is 0.126. The van der Waals surface area contributed by atoms with Crippen LogP contribution in [0.25, 0.3) is 11.4 Å². The summed E-state index contributed by atoms with van der Waals surface area (Å²) in [6, 6.07) is 6.92. The van der Waals surface area contributed by atoms with Crippen molar-refractivity contribution in [2.75, 3.05) is 11.9 Å². The Balaban J connectivity index is 1.45. The van der Waals surface area contributed by atoms with E-state index >= 15 is 0 Å². The lowest BCUT2D eigenvalue weighted by Crippen LogP contribution is -2.72. The molecular formula is C31H30N6O10S. The van der Waals surface area contributed by atoms with E-state index in [1.807, 2.05) is 0 Å². The molecule has 4 amide bonds. The summed E-state index contributed by atoms with van der Waals surface area (Å²) in [6.07, 6.45) is 0.937. The molecule has 250 valence electrons. The molecule has 3 heterocycles. The monoisotopic (exact) mass is 678 g/mol. The van der Waals surface area contributed by atoms with Gasteiger partial charge in [0.2, 0.25) is 0 Å². The number of aromatic nitrogens is 2. The molecule has 0 saturated carbocycles. The van der Waals surface area contributed by atoms with E-state index in [4.69, 9.17) is 5.73 Å². The Bertz CT molecular complexity index is 1880. The number of nitrogens with one attached hydrogen (secondary N) is 2. The molecule has 3 aromatic rings. The number of nitrogens with two attached hydrogens (primary N) is 1. The number of imide groups is 1. The fraction of sp³-hybridized carbons (Fsp3) is 0.290. The summed E-state index contributed by atoms with van der Waals surface area (Å²) in [4.78, 5) is 98.6. The van der Waals surface area contributed by atoms with Crippen molar-refractivity contribution >= 4 is 53.0 Å². The number of phenolic OH excluding ortho intramolecular Hbond substituents is 1. The first-order chi connectivity index (χ1) is 22.7. The zero-order valence-electron chi connectivity index (χ0n) is 25.7. The average Bonchev–Trinajstić information content (AvgIpc) is 3.30. The number of nitrogens with zero attached hydrogens (tertiary/aromatic N) is 3. The van der Waals surface area contributed by atoms with Gasteiger partial charge in [-0.15, -0.1) is 11.8 Å². The SMILES string of the molecule is CCOC(=O)C(=O)Nc1ccc(-c2ncc(C(=O)N(C(=O)C(N)c3ccc(O)cc3)[C@@H]3C(=O)N4[C@@H]3SC(C)(C)[C@@H]4C(=O)O)c(=O)[nH]2)cc1. The van der Waals surface area contributed by atoms with Gasteiger partial charge in [-0.1, -0.05) is 12.1 Å². The predicted octanol–water partition coefficient (Wildman–Crippen LogP) is 0.828. The van der Waals surface area contributed by atoms with Gasteiger partial charge in [-0.3, -0.25) is 28.9 Å². The van der Waals surface area contributed by atoms with Crippen LogP contribution < -0.4 is 16.6 Å². The lowest BCUT2D eigenvalue weighted by Gasteiger charge is -2.47. The number of aliphatic carboxylic acids is 1. The number of carboxylic acids is 1. The highest BCUT2D eigenvalue weighted by Crippen LogP contribution is 2.52. The molecule has 2 saturated heterocycles. The van der Waals surface area contributed by atoms with Gasteiger partial charge in [-0.25, -0.2) is 14.6 Å². The number of thioether (sulfide) groups is 1. The first-order valence-corrected chi connectivity index (χ1v) is 15.4. The number of aromatic amines is 1. The maximum atomic E-state index is 14.0. The van der Waals surface area contributed by atoms with E-state index in [1.165, 1.54) is 48.5 Å². The van der Waals surface area contributed by atoms with Gasteiger partial charge in [0, 0.05) is 22.2 Å². The van der Waals surface area contributed by atoms with Gasteiger partial charge in [0.25, 0.3) is 23.3 Å². The van der Waals surface area contributed by atoms with Crippen molar-refractivity contribution in [1.29, 1.82) is 0 Å². The molecule has 0 radical (unpaired) electrons. The summed E-state index contributed by atoms with van der Waals surface area (Å²) in [7, 11) is 0. The molecule has 2 aliphatic rings. The zero-order valence-corrected chi connectivity index (χ0v) is 26.5. The number of anilines is 1. The number of H-pyrrole nitrogens is 1. The molecule has 2 aliphatic heterocycles. The molecule has 0 bridgehead atoms. The largest absolute Gasteiger partial charge is 0.508 e. The van der Waals surface area contributed by atoms with Gasteiger partial charge in [-0.05, 0) is 62.7 Å². The number of fused-ring (bicyclic) bond motifs is 1. The highest BCUT2D eigenvalue weighted by atomic mass is 32.2. The van der Waals surface area contributed by atoms with E-state index < -0.39 is 74.9 Å². The number of β-lactam (4-membered cyclic amide) rings is 1. The van der Waals surface area contributed by atoms with Crippen LogP contribution in [0.5, 0.6) is 5.75 Å². The molecule has 16 nitrogen and oxygen atoms in total. The van der Waals surface area contributed by atoms with Gasteiger partial charge in [0.1, 0.15) is 40.6 Å². The van der Waals surface area contributed by atoms with Crippen molar-refractivity contribution < 1.29 is 43.7 Å². The molecule has 1 aromatic heterocycles. The minimum Gasteiger partial charge on any atom is -0.508 e. The lowest BCUT2D eigenvalue weighted by atomic mass is 9.94. The summed E-state index contributed by atoms with van der Waals surface area (Å²) in [5.41, 5.74) is 5.51. The summed E-state index contributed by atoms with van der Waals surface area (Å²) in [6.45, 7) is 4.84. The normalized spacial score (nSPS) is 19.8. The molecule has 6 N–H and O–H groups in total. The van der Waals surface area contributed by atoms with Crippen molar-refractivity contribution in [3.05, 3.63) is 76.2 Å². The Labute approximate surface area is 276 Å². The third kappa shape index (κ3) is 6.12. The van der Waals surface area contributed by atoms with Gasteiger partial charge in [0.15, 0.2) is 0 Å². The predicted molar refractivity (Wildman–Crippen MR) is 169 cm³/mol. The number of esters is 1. The van der Waals surface area contributed by atoms with E-state index in [2.05, 4.69) is 20.0 Å². The second kappa shape index (κ2) is 12.9. The number of carboxylic acid groups (broad SMARTS) is 1. The summed E-state index contributed by atoms with van der Waals surface area (Å²) in [5.74, 6) is -6.40. The Morgan fingerprint density at radius 1 is 1.10 bits per heavy atom. The molecule has 2 fully saturated rings. The van der Waals surface area contributed by atoms with Gasteiger partial charge in [-0.2, -0.15) is 0 Å². The highest BCUT2D eigenvalue weighted by Gasteiger charge is 2.66. The topological polar surface area (TPSA) is 242 Å². The van der Waals surface area contributed by atoms with Gasteiger partial charge in [0.05, 0.1) is 6.61 Å². The first kappa shape index (κ1) is 33.8. The summed E-state index contributed by atoms with van der Waals surface area (Å²) >= 11 is 1.10. The summed E-state index contributed by atoms with van der Waals surface area (Å²) in [5, 5.41) is 20.9.